The van der Waals surface area contributed by atoms with Crippen molar-refractivity contribution in [3.8, 4) is 0 Å². The maximum Gasteiger partial charge on any atom is 0.138 e. The Bertz CT molecular complexity index is 389. The van der Waals surface area contributed by atoms with E-state index >= 15 is 0 Å². The summed E-state index contributed by atoms with van der Waals surface area (Å²) in [5, 5.41) is 10.2. The Balaban J connectivity index is 2.17. The summed E-state index contributed by atoms with van der Waals surface area (Å²) in [6.45, 7) is 0. The fourth-order valence-corrected chi connectivity index (χ4v) is 2.68. The van der Waals surface area contributed by atoms with Crippen molar-refractivity contribution < 1.29 is 9.90 Å². The molecule has 1 aliphatic rings. The molecule has 0 unspecified atom stereocenters. The molecule has 0 aliphatic heterocycles. The zero-order valence-electron chi connectivity index (χ0n) is 9.03. The maximum atomic E-state index is 11.7. The van der Waals surface area contributed by atoms with Gasteiger partial charge < -0.3 is 5.11 Å². The van der Waals surface area contributed by atoms with Gasteiger partial charge in [-0.25, -0.2) is 0 Å². The summed E-state index contributed by atoms with van der Waals surface area (Å²) in [4.78, 5) is 11.7. The summed E-state index contributed by atoms with van der Waals surface area (Å²) in [6.07, 6.45) is 2.80. The molecule has 0 amide bonds. The summed E-state index contributed by atoms with van der Waals surface area (Å²) in [7, 11) is 0. The van der Waals surface area contributed by atoms with E-state index in [1.54, 1.807) is 0 Å². The van der Waals surface area contributed by atoms with Crippen molar-refractivity contribution in [1.29, 1.82) is 0 Å². The molecule has 1 N–H and O–H groups in total. The molecule has 0 saturated heterocycles. The van der Waals surface area contributed by atoms with Crippen LogP contribution in [0.1, 0.15) is 37.4 Å². The molecule has 1 saturated carbocycles. The number of hydrogen-bond acceptors (Lipinski definition) is 2. The summed E-state index contributed by atoms with van der Waals surface area (Å²) in [5.41, 5.74) is 0.828. The lowest BCUT2D eigenvalue weighted by Crippen LogP contribution is -2.25. The third-order valence-electron chi connectivity index (χ3n) is 3.17. The van der Waals surface area contributed by atoms with E-state index in [1.807, 2.05) is 24.3 Å². The van der Waals surface area contributed by atoms with Gasteiger partial charge in [-0.05, 0) is 30.5 Å². The van der Waals surface area contributed by atoms with Crippen LogP contribution in [0.4, 0.5) is 0 Å². The molecular weight excluding hydrogens is 268 g/mol. The smallest absolute Gasteiger partial charge is 0.138 e. The maximum absolute atomic E-state index is 11.7. The van der Waals surface area contributed by atoms with Gasteiger partial charge in [0, 0.05) is 16.8 Å². The Labute approximate surface area is 104 Å². The Morgan fingerprint density at radius 2 is 2.19 bits per heavy atom. The summed E-state index contributed by atoms with van der Waals surface area (Å²) >= 11 is 3.37. The Kier molecular flexibility index (Phi) is 3.77. The van der Waals surface area contributed by atoms with Crippen LogP contribution in [0.2, 0.25) is 0 Å². The molecule has 2 atom stereocenters. The molecule has 1 aromatic carbocycles. The summed E-state index contributed by atoms with van der Waals surface area (Å²) in [6, 6.07) is 7.55. The molecule has 3 heteroatoms. The van der Waals surface area contributed by atoms with E-state index in [-0.39, 0.29) is 11.7 Å². The Hall–Kier alpha value is -0.670. The Morgan fingerprint density at radius 1 is 1.38 bits per heavy atom. The van der Waals surface area contributed by atoms with Gasteiger partial charge in [-0.15, -0.1) is 0 Å². The average molecular weight is 283 g/mol. The van der Waals surface area contributed by atoms with Crippen LogP contribution in [-0.4, -0.2) is 10.9 Å². The number of carbonyl (C=O) groups excluding carboxylic acids is 1. The molecule has 0 aromatic heterocycles. The van der Waals surface area contributed by atoms with Crippen molar-refractivity contribution in [3.05, 3.63) is 34.3 Å². The fourth-order valence-electron chi connectivity index (χ4n) is 2.27. The number of ketones is 1. The molecular formula is C13H15BrO2. The lowest BCUT2D eigenvalue weighted by atomic mass is 9.82. The second kappa shape index (κ2) is 5.11. The van der Waals surface area contributed by atoms with Gasteiger partial charge in [0.1, 0.15) is 5.78 Å². The highest BCUT2D eigenvalue weighted by Crippen LogP contribution is 2.32. The van der Waals surface area contributed by atoms with Gasteiger partial charge in [0.15, 0.2) is 0 Å². The lowest BCUT2D eigenvalue weighted by Gasteiger charge is -2.25. The largest absolute Gasteiger partial charge is 0.388 e. The minimum absolute atomic E-state index is 0.206. The minimum Gasteiger partial charge on any atom is -0.388 e. The Morgan fingerprint density at radius 3 is 2.88 bits per heavy atom. The number of benzene rings is 1. The van der Waals surface area contributed by atoms with Crippen LogP contribution >= 0.6 is 15.9 Å². The number of aliphatic hydroxyl groups excluding tert-OH is 1. The van der Waals surface area contributed by atoms with Crippen LogP contribution in [0.5, 0.6) is 0 Å². The van der Waals surface area contributed by atoms with E-state index in [9.17, 15) is 9.90 Å². The van der Waals surface area contributed by atoms with E-state index < -0.39 is 6.10 Å². The van der Waals surface area contributed by atoms with Crippen molar-refractivity contribution >= 4 is 21.7 Å². The van der Waals surface area contributed by atoms with E-state index in [1.165, 1.54) is 0 Å². The van der Waals surface area contributed by atoms with E-state index in [0.717, 1.165) is 29.3 Å². The van der Waals surface area contributed by atoms with Gasteiger partial charge in [0.05, 0.1) is 6.10 Å². The molecule has 1 fully saturated rings. The van der Waals surface area contributed by atoms with E-state index in [2.05, 4.69) is 15.9 Å². The van der Waals surface area contributed by atoms with Gasteiger partial charge in [-0.3, -0.25) is 4.79 Å². The summed E-state index contributed by atoms with van der Waals surface area (Å²) < 4.78 is 0.937. The third-order valence-corrected chi connectivity index (χ3v) is 3.67. The predicted octanol–water partition coefficient (Wildman–Crippen LogP) is 3.24. The van der Waals surface area contributed by atoms with Gasteiger partial charge >= 0.3 is 0 Å². The van der Waals surface area contributed by atoms with Crippen LogP contribution in [-0.2, 0) is 4.79 Å². The zero-order valence-corrected chi connectivity index (χ0v) is 10.6. The van der Waals surface area contributed by atoms with Crippen molar-refractivity contribution in [2.45, 2.75) is 31.8 Å². The first-order chi connectivity index (χ1) is 7.68. The third kappa shape index (κ3) is 2.53. The molecule has 2 nitrogen and oxygen atoms in total. The topological polar surface area (TPSA) is 37.3 Å². The number of carbonyl (C=O) groups is 1. The predicted molar refractivity (Wildman–Crippen MR) is 66.1 cm³/mol. The van der Waals surface area contributed by atoms with Crippen LogP contribution in [0.25, 0.3) is 0 Å². The molecule has 2 rings (SSSR count). The molecule has 0 bridgehead atoms. The second-order valence-corrected chi connectivity index (χ2v) is 5.23. The second-order valence-electron chi connectivity index (χ2n) is 4.32. The first kappa shape index (κ1) is 11.8. The highest BCUT2D eigenvalue weighted by atomic mass is 79.9. The van der Waals surface area contributed by atoms with Gasteiger partial charge in [-0.1, -0.05) is 34.5 Å². The molecule has 1 aromatic rings. The van der Waals surface area contributed by atoms with Crippen LogP contribution in [0.15, 0.2) is 28.7 Å². The van der Waals surface area contributed by atoms with E-state index in [0.29, 0.717) is 6.42 Å². The monoisotopic (exact) mass is 282 g/mol. The molecule has 0 radical (unpaired) electrons. The van der Waals surface area contributed by atoms with Crippen molar-refractivity contribution in [2.75, 3.05) is 0 Å². The lowest BCUT2D eigenvalue weighted by molar-refractivity contribution is -0.128. The number of halogens is 1. The fraction of sp³-hybridized carbons (Fsp3) is 0.462. The SMILES string of the molecule is O=C1CCCC[C@H]1[C@@H](O)c1cccc(Br)c1. The number of rotatable bonds is 2. The average Bonchev–Trinajstić information content (AvgIpc) is 2.29. The highest BCUT2D eigenvalue weighted by molar-refractivity contribution is 9.10. The molecule has 16 heavy (non-hydrogen) atoms. The number of aliphatic hydroxyl groups is 1. The van der Waals surface area contributed by atoms with Crippen LogP contribution < -0.4 is 0 Å². The molecule has 86 valence electrons. The van der Waals surface area contributed by atoms with Crippen LogP contribution in [0, 0.1) is 5.92 Å². The zero-order chi connectivity index (χ0) is 11.5. The number of Topliss-reactive ketones (excluding diaryl/α,β-unsaturated/α-hetero) is 1. The highest BCUT2D eigenvalue weighted by Gasteiger charge is 2.29. The van der Waals surface area contributed by atoms with E-state index in [4.69, 9.17) is 0 Å². The number of hydrogen-bond donors (Lipinski definition) is 1. The quantitative estimate of drug-likeness (QED) is 0.904. The van der Waals surface area contributed by atoms with Gasteiger partial charge in [0.25, 0.3) is 0 Å². The first-order valence-corrected chi connectivity index (χ1v) is 6.44. The normalized spacial score (nSPS) is 23.1. The van der Waals surface area contributed by atoms with Crippen LogP contribution in [0.3, 0.4) is 0 Å². The molecule has 0 spiro atoms. The standard InChI is InChI=1S/C13H15BrO2/c14-10-5-3-4-9(8-10)13(16)11-6-1-2-7-12(11)15/h3-5,8,11,13,16H,1-2,6-7H2/t11-,13+/m1/s1. The van der Waals surface area contributed by atoms with Crippen molar-refractivity contribution in [2.24, 2.45) is 5.92 Å². The summed E-state index contributed by atoms with van der Waals surface area (Å²) in [5.74, 6) is 0.00164. The van der Waals surface area contributed by atoms with Crippen molar-refractivity contribution in [3.63, 3.8) is 0 Å². The van der Waals surface area contributed by atoms with Crippen molar-refractivity contribution in [1.82, 2.24) is 0 Å². The molecule has 0 heterocycles. The van der Waals surface area contributed by atoms with Gasteiger partial charge in [-0.2, -0.15) is 0 Å². The molecule has 1 aliphatic carbocycles. The van der Waals surface area contributed by atoms with Gasteiger partial charge in [0.2, 0.25) is 0 Å². The first-order valence-electron chi connectivity index (χ1n) is 5.65. The minimum atomic E-state index is -0.648.